The quantitative estimate of drug-likeness (QED) is 0.583. The maximum atomic E-state index is 11.8. The van der Waals surface area contributed by atoms with E-state index in [-0.39, 0.29) is 11.7 Å². The summed E-state index contributed by atoms with van der Waals surface area (Å²) in [6.45, 7) is 0.378. The number of hydrogen-bond acceptors (Lipinski definition) is 8. The van der Waals surface area contributed by atoms with Crippen LogP contribution in [0.5, 0.6) is 5.75 Å². The number of anilines is 2. The molecular formula is C16H16N4O3S2. The van der Waals surface area contributed by atoms with Crippen LogP contribution in [0.15, 0.2) is 51.4 Å². The van der Waals surface area contributed by atoms with Crippen LogP contribution in [-0.4, -0.2) is 29.0 Å². The maximum Gasteiger partial charge on any atom is 0.230 e. The number of amides is 1. The molecule has 9 heteroatoms. The van der Waals surface area contributed by atoms with Crippen molar-refractivity contribution < 1.29 is 13.9 Å². The van der Waals surface area contributed by atoms with Gasteiger partial charge >= 0.3 is 0 Å². The fourth-order valence-electron chi connectivity index (χ4n) is 1.96. The Kier molecular flexibility index (Phi) is 5.91. The Balaban J connectivity index is 1.49. The summed E-state index contributed by atoms with van der Waals surface area (Å²) in [5, 5.41) is 14.8. The van der Waals surface area contributed by atoms with Crippen LogP contribution in [0.2, 0.25) is 0 Å². The molecule has 2 heterocycles. The van der Waals surface area contributed by atoms with Crippen LogP contribution >= 0.6 is 23.1 Å². The lowest BCUT2D eigenvalue weighted by Crippen LogP contribution is -2.24. The minimum atomic E-state index is -0.0872. The number of carbonyl (C=O) groups is 1. The van der Waals surface area contributed by atoms with Gasteiger partial charge in [0.2, 0.25) is 11.0 Å². The summed E-state index contributed by atoms with van der Waals surface area (Å²) in [6, 6.07) is 11.2. The molecule has 1 aromatic carbocycles. The van der Waals surface area contributed by atoms with Crippen molar-refractivity contribution in [3.05, 3.63) is 48.4 Å². The number of carbonyl (C=O) groups excluding carboxylic acids is 1. The first-order chi connectivity index (χ1) is 12.2. The maximum absolute atomic E-state index is 11.8. The SMILES string of the molecule is COc1ccccc1Nc1nnc(SCC(=O)NCc2ccco2)s1. The fraction of sp³-hybridized carbons (Fsp3) is 0.188. The van der Waals surface area contributed by atoms with Gasteiger partial charge in [0.1, 0.15) is 11.5 Å². The number of thioether (sulfide) groups is 1. The van der Waals surface area contributed by atoms with Crippen molar-refractivity contribution in [2.45, 2.75) is 10.9 Å². The summed E-state index contributed by atoms with van der Waals surface area (Å²) in [7, 11) is 1.61. The van der Waals surface area contributed by atoms with E-state index in [0.717, 1.165) is 17.2 Å². The summed E-state index contributed by atoms with van der Waals surface area (Å²) >= 11 is 2.72. The van der Waals surface area contributed by atoms with Crippen molar-refractivity contribution in [1.29, 1.82) is 0 Å². The number of ether oxygens (including phenoxy) is 1. The summed E-state index contributed by atoms with van der Waals surface area (Å²) in [5.41, 5.74) is 0.814. The highest BCUT2D eigenvalue weighted by Crippen LogP contribution is 2.31. The Hall–Kier alpha value is -2.52. The molecule has 2 aromatic heterocycles. The van der Waals surface area contributed by atoms with Gasteiger partial charge in [0.25, 0.3) is 0 Å². The molecule has 130 valence electrons. The third-order valence-electron chi connectivity index (χ3n) is 3.12. The predicted octanol–water partition coefficient (Wildman–Crippen LogP) is 3.29. The summed E-state index contributed by atoms with van der Waals surface area (Å²) in [4.78, 5) is 11.8. The molecule has 3 aromatic rings. The van der Waals surface area contributed by atoms with E-state index in [4.69, 9.17) is 9.15 Å². The first-order valence-electron chi connectivity index (χ1n) is 7.40. The third-order valence-corrected chi connectivity index (χ3v) is 5.09. The van der Waals surface area contributed by atoms with Crippen LogP contribution in [-0.2, 0) is 11.3 Å². The van der Waals surface area contributed by atoms with Gasteiger partial charge in [-0.25, -0.2) is 0 Å². The monoisotopic (exact) mass is 376 g/mol. The molecule has 0 aliphatic heterocycles. The first-order valence-corrected chi connectivity index (χ1v) is 9.20. The van der Waals surface area contributed by atoms with Crippen molar-refractivity contribution in [3.63, 3.8) is 0 Å². The molecule has 7 nitrogen and oxygen atoms in total. The van der Waals surface area contributed by atoms with E-state index < -0.39 is 0 Å². The van der Waals surface area contributed by atoms with E-state index in [9.17, 15) is 4.79 Å². The smallest absolute Gasteiger partial charge is 0.230 e. The molecule has 0 aliphatic rings. The Morgan fingerprint density at radius 2 is 2.16 bits per heavy atom. The van der Waals surface area contributed by atoms with E-state index in [1.165, 1.54) is 23.1 Å². The number of benzene rings is 1. The van der Waals surface area contributed by atoms with Crippen molar-refractivity contribution in [1.82, 2.24) is 15.5 Å². The van der Waals surface area contributed by atoms with E-state index in [0.29, 0.717) is 16.0 Å². The molecule has 0 saturated carbocycles. The van der Waals surface area contributed by atoms with Gasteiger partial charge in [0.05, 0.1) is 31.4 Å². The second-order valence-corrected chi connectivity index (χ2v) is 7.04. The summed E-state index contributed by atoms with van der Waals surface area (Å²) in [6.07, 6.45) is 1.58. The molecule has 0 bridgehead atoms. The zero-order chi connectivity index (χ0) is 17.5. The average molecular weight is 376 g/mol. The van der Waals surface area contributed by atoms with Crippen molar-refractivity contribution in [3.8, 4) is 5.75 Å². The van der Waals surface area contributed by atoms with Crippen LogP contribution in [0, 0.1) is 0 Å². The molecule has 0 fully saturated rings. The summed E-state index contributed by atoms with van der Waals surface area (Å²) < 4.78 is 11.2. The van der Waals surface area contributed by atoms with E-state index in [1.54, 1.807) is 19.4 Å². The normalized spacial score (nSPS) is 10.4. The standard InChI is InChI=1S/C16H16N4O3S2/c1-22-13-7-3-2-6-12(13)18-15-19-20-16(25-15)24-10-14(21)17-9-11-5-4-8-23-11/h2-8H,9-10H2,1H3,(H,17,21)(H,18,19). The lowest BCUT2D eigenvalue weighted by molar-refractivity contribution is -0.118. The Morgan fingerprint density at radius 3 is 2.96 bits per heavy atom. The highest BCUT2D eigenvalue weighted by atomic mass is 32.2. The minimum Gasteiger partial charge on any atom is -0.495 e. The van der Waals surface area contributed by atoms with Gasteiger partial charge in [0, 0.05) is 0 Å². The second-order valence-electron chi connectivity index (χ2n) is 4.84. The van der Waals surface area contributed by atoms with Crippen LogP contribution in [0.4, 0.5) is 10.8 Å². The molecular weight excluding hydrogens is 360 g/mol. The van der Waals surface area contributed by atoms with Crippen LogP contribution < -0.4 is 15.4 Å². The second kappa shape index (κ2) is 8.54. The average Bonchev–Trinajstić information content (AvgIpc) is 3.30. The topological polar surface area (TPSA) is 89.3 Å². The molecule has 0 saturated heterocycles. The number of hydrogen-bond donors (Lipinski definition) is 2. The fourth-order valence-corrected chi connectivity index (χ4v) is 3.55. The highest BCUT2D eigenvalue weighted by molar-refractivity contribution is 8.01. The van der Waals surface area contributed by atoms with Crippen molar-refractivity contribution in [2.75, 3.05) is 18.2 Å². The van der Waals surface area contributed by atoms with Gasteiger partial charge in [-0.2, -0.15) is 0 Å². The molecule has 0 atom stereocenters. The number of nitrogens with zero attached hydrogens (tertiary/aromatic N) is 2. The van der Waals surface area contributed by atoms with Gasteiger partial charge in [-0.05, 0) is 24.3 Å². The number of para-hydroxylation sites is 2. The third kappa shape index (κ3) is 4.97. The number of furan rings is 1. The largest absolute Gasteiger partial charge is 0.495 e. The van der Waals surface area contributed by atoms with Gasteiger partial charge < -0.3 is 19.8 Å². The highest BCUT2D eigenvalue weighted by Gasteiger charge is 2.10. The van der Waals surface area contributed by atoms with Gasteiger partial charge in [-0.1, -0.05) is 35.2 Å². The van der Waals surface area contributed by atoms with E-state index in [2.05, 4.69) is 20.8 Å². The van der Waals surface area contributed by atoms with Crippen LogP contribution in [0.1, 0.15) is 5.76 Å². The zero-order valence-electron chi connectivity index (χ0n) is 13.4. The van der Waals surface area contributed by atoms with Crippen LogP contribution in [0.25, 0.3) is 0 Å². The van der Waals surface area contributed by atoms with Gasteiger partial charge in [-0.3, -0.25) is 4.79 Å². The molecule has 0 spiro atoms. The predicted molar refractivity (Wildman–Crippen MR) is 97.5 cm³/mol. The Morgan fingerprint density at radius 1 is 1.28 bits per heavy atom. The summed E-state index contributed by atoms with van der Waals surface area (Å²) in [5.74, 6) is 1.63. The number of nitrogens with one attached hydrogen (secondary N) is 2. The number of rotatable bonds is 8. The van der Waals surface area contributed by atoms with Crippen molar-refractivity contribution >= 4 is 39.8 Å². The molecule has 1 amide bonds. The van der Waals surface area contributed by atoms with E-state index >= 15 is 0 Å². The lowest BCUT2D eigenvalue weighted by atomic mass is 10.3. The molecule has 0 aliphatic carbocycles. The molecule has 25 heavy (non-hydrogen) atoms. The van der Waals surface area contributed by atoms with Gasteiger partial charge in [0.15, 0.2) is 4.34 Å². The molecule has 2 N–H and O–H groups in total. The molecule has 3 rings (SSSR count). The van der Waals surface area contributed by atoms with Crippen molar-refractivity contribution in [2.24, 2.45) is 0 Å². The van der Waals surface area contributed by atoms with E-state index in [1.807, 2.05) is 30.3 Å². The zero-order valence-corrected chi connectivity index (χ0v) is 15.0. The first kappa shape index (κ1) is 17.3. The minimum absolute atomic E-state index is 0.0872. The van der Waals surface area contributed by atoms with Crippen LogP contribution in [0.3, 0.4) is 0 Å². The van der Waals surface area contributed by atoms with Gasteiger partial charge in [-0.15, -0.1) is 10.2 Å². The molecule has 0 radical (unpaired) electrons. The Labute approximate surface area is 152 Å². The lowest BCUT2D eigenvalue weighted by Gasteiger charge is -2.07. The number of methoxy groups -OCH3 is 1. The Bertz CT molecular complexity index is 820. The number of aromatic nitrogens is 2. The molecule has 0 unspecified atom stereocenters.